The molecule has 0 spiro atoms. The van der Waals surface area contributed by atoms with Crippen LogP contribution in [0.4, 0.5) is 0 Å². The van der Waals surface area contributed by atoms with Crippen molar-refractivity contribution in [3.05, 3.63) is 383 Å². The molecule has 0 bridgehead atoms. The summed E-state index contributed by atoms with van der Waals surface area (Å²) >= 11 is 0. The maximum atomic E-state index is 13.4. The van der Waals surface area contributed by atoms with Crippen LogP contribution in [0.3, 0.4) is 0 Å². The van der Waals surface area contributed by atoms with Crippen molar-refractivity contribution in [2.45, 2.75) is 106 Å². The Bertz CT molecular complexity index is 5720. The summed E-state index contributed by atoms with van der Waals surface area (Å²) in [6, 6.07) is 77.6. The molecule has 5 aliphatic heterocycles. The van der Waals surface area contributed by atoms with Crippen LogP contribution >= 0.6 is 0 Å². The lowest BCUT2D eigenvalue weighted by atomic mass is 9.93. The van der Waals surface area contributed by atoms with Gasteiger partial charge in [-0.05, 0) is 232 Å². The number of rotatable bonds is 22. The van der Waals surface area contributed by atoms with Crippen LogP contribution < -0.4 is 14.2 Å². The van der Waals surface area contributed by atoms with Gasteiger partial charge in [-0.15, -0.1) is 0 Å². The van der Waals surface area contributed by atoms with Gasteiger partial charge in [0.2, 0.25) is 0 Å². The number of hydrogen-bond acceptors (Lipinski definition) is 15. The highest BCUT2D eigenvalue weighted by molar-refractivity contribution is 6.18. The van der Waals surface area contributed by atoms with Crippen molar-refractivity contribution in [3.63, 3.8) is 0 Å². The van der Waals surface area contributed by atoms with E-state index in [4.69, 9.17) is 14.2 Å². The smallest absolute Gasteiger partial charge is 0.187 e. The summed E-state index contributed by atoms with van der Waals surface area (Å²) in [5.41, 5.74) is 22.4. The molecule has 7 fully saturated rings. The molecule has 2 aliphatic carbocycles. The van der Waals surface area contributed by atoms with E-state index >= 15 is 0 Å². The first-order valence-electron chi connectivity index (χ1n) is 46.5. The number of pyridine rings is 2. The number of methoxy groups -OCH3 is 3. The average molecular weight is 1760 g/mol. The number of para-hydroxylation sites is 2. The molecule has 0 radical (unpaired) electrons. The highest BCUT2D eigenvalue weighted by Crippen LogP contribution is 2.37. The third-order valence-corrected chi connectivity index (χ3v) is 24.2. The quantitative estimate of drug-likeness (QED) is 0.0591. The monoisotopic (exact) mass is 1760 g/mol. The van der Waals surface area contributed by atoms with Crippen LogP contribution in [-0.4, -0.2) is 182 Å². The van der Waals surface area contributed by atoms with Crippen molar-refractivity contribution >= 4 is 89.7 Å². The van der Waals surface area contributed by atoms with Gasteiger partial charge in [0.15, 0.2) is 28.9 Å². The molecule has 17 rings (SSSR count). The summed E-state index contributed by atoms with van der Waals surface area (Å²) in [5.74, 6) is 4.37. The first-order valence-corrected chi connectivity index (χ1v) is 46.5. The number of aryl methyl sites for hydroxylation is 3. The molecule has 5 saturated heterocycles. The topological polar surface area (TPSA) is 155 Å². The summed E-state index contributed by atoms with van der Waals surface area (Å²) in [5, 5.41) is 0. The van der Waals surface area contributed by atoms with Gasteiger partial charge in [-0.2, -0.15) is 0 Å². The zero-order valence-electron chi connectivity index (χ0n) is 78.7. The second-order valence-corrected chi connectivity index (χ2v) is 36.1. The third-order valence-electron chi connectivity index (χ3n) is 24.2. The SMILES string of the molecule is CCN1C/C(=C\c2ccccc2)C(=O)/C(=C/c2cccnc2)C1.COc1cccc(/C=C2\CN(C3CC3)C/C(=C\c3cccc(C)c3)C2=O)c1.COc1ccccc1/C=C1\CN(CCC(C)C)C/C(=C\c2ccccc2OC)C1=O.Cc1cccc(/C=C2\CN(CCC(C)C)C/C(=C\c3cccc(C)c3)C2=O)c1.O=C1/C(=C/c2ccccc2)CN(C2CC2)C/C1=C\c1cccnc1. The maximum Gasteiger partial charge on any atom is 0.187 e. The first kappa shape index (κ1) is 96.6. The van der Waals surface area contributed by atoms with Crippen molar-refractivity contribution in [1.82, 2.24) is 34.5 Å². The van der Waals surface area contributed by atoms with Crippen LogP contribution in [0, 0.1) is 32.6 Å². The number of Topliss-reactive ketones (excluding diaryl/α,β-unsaturated/α-hetero) is 5. The summed E-state index contributed by atoms with van der Waals surface area (Å²) in [6.45, 7) is 27.3. The first-order chi connectivity index (χ1) is 64.1. The van der Waals surface area contributed by atoms with E-state index in [0.29, 0.717) is 50.1 Å². The number of carbonyl (C=O) groups is 5. The predicted octanol–water partition coefficient (Wildman–Crippen LogP) is 22.4. The van der Waals surface area contributed by atoms with Crippen LogP contribution in [0.25, 0.3) is 60.8 Å². The highest BCUT2D eigenvalue weighted by Gasteiger charge is 2.38. The fourth-order valence-corrected chi connectivity index (χ4v) is 16.9. The lowest BCUT2D eigenvalue weighted by molar-refractivity contribution is -0.114. The van der Waals surface area contributed by atoms with E-state index in [1.165, 1.54) is 42.4 Å². The van der Waals surface area contributed by atoms with Crippen molar-refractivity contribution < 1.29 is 38.2 Å². The molecule has 0 N–H and O–H groups in total. The second-order valence-electron chi connectivity index (χ2n) is 36.1. The van der Waals surface area contributed by atoms with Gasteiger partial charge in [-0.3, -0.25) is 58.4 Å². The Morgan fingerprint density at radius 3 is 0.909 bits per heavy atom. The number of likely N-dealkylation sites (tertiary alicyclic amines) is 5. The zero-order chi connectivity index (χ0) is 92.8. The molecule has 2 saturated carbocycles. The van der Waals surface area contributed by atoms with Gasteiger partial charge >= 0.3 is 0 Å². The van der Waals surface area contributed by atoms with Gasteiger partial charge in [0.1, 0.15) is 17.2 Å². The fourth-order valence-electron chi connectivity index (χ4n) is 16.9. The largest absolute Gasteiger partial charge is 0.497 e. The van der Waals surface area contributed by atoms with E-state index in [-0.39, 0.29) is 28.9 Å². The van der Waals surface area contributed by atoms with E-state index in [0.717, 1.165) is 200 Å². The number of hydrogen-bond donors (Lipinski definition) is 0. The molecule has 0 amide bonds. The minimum Gasteiger partial charge on any atom is -0.497 e. The Hall–Kier alpha value is -13.0. The van der Waals surface area contributed by atoms with Gasteiger partial charge in [-0.25, -0.2) is 0 Å². The molecule has 10 aromatic rings. The van der Waals surface area contributed by atoms with Crippen LogP contribution in [0.5, 0.6) is 17.2 Å². The van der Waals surface area contributed by atoms with E-state index in [1.807, 2.05) is 206 Å². The van der Waals surface area contributed by atoms with Crippen molar-refractivity contribution in [3.8, 4) is 17.2 Å². The van der Waals surface area contributed by atoms with Gasteiger partial charge < -0.3 is 14.2 Å². The summed E-state index contributed by atoms with van der Waals surface area (Å²) < 4.78 is 16.3. The van der Waals surface area contributed by atoms with Crippen LogP contribution in [0.15, 0.2) is 311 Å². The fraction of sp³-hybridized carbons (Fsp3) is 0.291. The van der Waals surface area contributed by atoms with Gasteiger partial charge in [0, 0.05) is 169 Å². The normalized spacial score (nSPS) is 19.7. The predicted molar refractivity (Wildman–Crippen MR) is 542 cm³/mol. The number of piperidine rings is 5. The van der Waals surface area contributed by atoms with Crippen molar-refractivity contribution in [2.24, 2.45) is 11.8 Å². The maximum absolute atomic E-state index is 13.4. The molecule has 15 nitrogen and oxygen atoms in total. The Balaban J connectivity index is 0.000000141. The molecule has 7 heterocycles. The highest BCUT2D eigenvalue weighted by atomic mass is 16.5. The number of ether oxygens (including phenoxy) is 3. The second kappa shape index (κ2) is 48.2. The Kier molecular flexibility index (Phi) is 35.3. The molecule has 8 aromatic carbocycles. The molecular weight excluding hydrogens is 1630 g/mol. The minimum absolute atomic E-state index is 0.0904. The van der Waals surface area contributed by atoms with Crippen molar-refractivity contribution in [2.75, 3.05) is 106 Å². The Labute approximate surface area is 782 Å². The molecular formula is C117H127N7O8. The van der Waals surface area contributed by atoms with Gasteiger partial charge in [-0.1, -0.05) is 245 Å². The Morgan fingerprint density at radius 1 is 0.311 bits per heavy atom. The summed E-state index contributed by atoms with van der Waals surface area (Å²) in [7, 11) is 4.97. The molecule has 132 heavy (non-hydrogen) atoms. The van der Waals surface area contributed by atoms with Crippen LogP contribution in [0.1, 0.15) is 145 Å². The number of likely N-dealkylation sites (N-methyl/N-ethyl adjacent to an activating group) is 1. The number of ketones is 5. The molecule has 2 aromatic heterocycles. The summed E-state index contributed by atoms with van der Waals surface area (Å²) in [6.07, 6.45) is 34.4. The molecule has 678 valence electrons. The van der Waals surface area contributed by atoms with E-state index in [2.05, 4.69) is 175 Å². The minimum atomic E-state index is 0.0904. The van der Waals surface area contributed by atoms with E-state index < -0.39 is 0 Å². The van der Waals surface area contributed by atoms with E-state index in [1.54, 1.807) is 46.1 Å². The summed E-state index contributed by atoms with van der Waals surface area (Å²) in [4.78, 5) is 85.7. The zero-order valence-corrected chi connectivity index (χ0v) is 78.7. The van der Waals surface area contributed by atoms with E-state index in [9.17, 15) is 24.0 Å². The number of nitrogens with zero attached hydrogens (tertiary/aromatic N) is 7. The van der Waals surface area contributed by atoms with Crippen LogP contribution in [0.2, 0.25) is 0 Å². The lowest BCUT2D eigenvalue weighted by Gasteiger charge is -2.30. The van der Waals surface area contributed by atoms with Crippen LogP contribution in [-0.2, 0) is 24.0 Å². The number of carbonyl (C=O) groups excluding carboxylic acids is 5. The number of benzene rings is 8. The third kappa shape index (κ3) is 29.0. The van der Waals surface area contributed by atoms with Gasteiger partial charge in [0.25, 0.3) is 0 Å². The molecule has 15 heteroatoms. The van der Waals surface area contributed by atoms with Gasteiger partial charge in [0.05, 0.1) is 21.3 Å². The van der Waals surface area contributed by atoms with Crippen molar-refractivity contribution in [1.29, 1.82) is 0 Å². The molecule has 0 atom stereocenters. The standard InChI is InChI=1S/C26H31NO3.C26H31NO.C24H25NO2.C21H20N2O.C20H20N2O/c1-19(2)13-14-27-17-22(15-20-9-5-7-11-24(20)29-3)26(28)23(18-27)16-21-10-6-8-12-25(21)30-4;1-19(2)11-12-27-17-24(15-22-9-5-7-20(3)13-22)26(28)25(18-27)16-23-10-6-8-21(4)14-23;1-17-5-3-6-18(11-17)12-20-15-25(22-9-10-22)16-21(24(20)26)13-19-7-4-8-23(14-19)27-2;24-21-18(11-16-5-2-1-3-6-16)14-23(20-8-9-20)15-19(21)12-17-7-4-10-22-13-17;1-2-22-14-18(11-16-7-4-3-5-8-16)20(23)19(15-22)12-17-9-6-10-21-13-17/h5-12,15-16,19H,13-14,17-18H2,1-4H3;5-10,13-16,19H,11-12,17-18H2,1-4H3;3-8,11-14,22H,9-10,15-16H2,1-2H3;1-7,10-13,20H,8-9,14-15H2;3-13H,2,14-15H2,1H3/b22-15+,23-16+;24-15+,25-16+;20-12+,21-13+;2*18-11+,19-12+. The lowest BCUT2D eigenvalue weighted by Crippen LogP contribution is -2.39. The number of aromatic nitrogens is 2. The molecule has 7 aliphatic rings. The molecule has 0 unspecified atom stereocenters. The average Bonchev–Trinajstić information content (AvgIpc) is 1.63. The Morgan fingerprint density at radius 2 is 0.598 bits per heavy atom.